The zero-order valence-corrected chi connectivity index (χ0v) is 27.7. The lowest BCUT2D eigenvalue weighted by Gasteiger charge is -2.21. The molecule has 1 amide bonds. The first-order valence-electron chi connectivity index (χ1n) is 15.4. The topological polar surface area (TPSA) is 206 Å². The number of hydrogen-bond donors (Lipinski definition) is 4. The fourth-order valence-electron chi connectivity index (χ4n) is 5.58. The molecule has 51 heavy (non-hydrogen) atoms. The molecule has 3 aromatic carbocycles. The number of hydrogen-bond acceptors (Lipinski definition) is 10. The summed E-state index contributed by atoms with van der Waals surface area (Å²) in [6, 6.07) is 22.0. The van der Waals surface area contributed by atoms with E-state index in [0.717, 1.165) is 3.97 Å². The number of nitrogens with one attached hydrogen (secondary N) is 2. The number of aromatic nitrogens is 4. The van der Waals surface area contributed by atoms with Crippen LogP contribution in [0.4, 0.5) is 16.0 Å². The van der Waals surface area contributed by atoms with E-state index in [1.165, 1.54) is 61.2 Å². The molecular weight excluding hydrogens is 676 g/mol. The van der Waals surface area contributed by atoms with Crippen molar-refractivity contribution < 1.29 is 27.5 Å². The largest absolute Gasteiger partial charge is 0.481 e. The molecule has 0 aliphatic carbocycles. The van der Waals surface area contributed by atoms with Crippen LogP contribution in [0.2, 0.25) is 0 Å². The molecule has 13 nitrogen and oxygen atoms in total. The predicted octanol–water partition coefficient (Wildman–Crippen LogP) is 5.44. The number of nitrogen functional groups attached to an aromatic ring is 1. The molecule has 0 saturated heterocycles. The molecule has 0 fully saturated rings. The van der Waals surface area contributed by atoms with Gasteiger partial charge < -0.3 is 21.5 Å². The highest BCUT2D eigenvalue weighted by atomic mass is 32.2. The van der Waals surface area contributed by atoms with Gasteiger partial charge in [-0.3, -0.25) is 9.59 Å². The highest BCUT2D eigenvalue weighted by molar-refractivity contribution is 7.90. The van der Waals surface area contributed by atoms with Crippen LogP contribution in [-0.2, 0) is 14.8 Å². The Hall–Kier alpha value is -6.66. The van der Waals surface area contributed by atoms with Gasteiger partial charge in [-0.25, -0.2) is 31.7 Å². The minimum atomic E-state index is -4.06. The number of carboxylic acids is 1. The number of nitriles is 1. The fraction of sp³-hybridized carbons (Fsp3) is 0.111. The lowest BCUT2D eigenvalue weighted by molar-refractivity contribution is -0.137. The maximum Gasteiger partial charge on any atom is 0.305 e. The number of benzene rings is 3. The van der Waals surface area contributed by atoms with Gasteiger partial charge in [0.1, 0.15) is 29.8 Å². The Morgan fingerprint density at radius 2 is 1.69 bits per heavy atom. The molecule has 256 valence electrons. The number of nitrogens with zero attached hydrogens (tertiary/aromatic N) is 5. The highest BCUT2D eigenvalue weighted by Gasteiger charge is 2.26. The van der Waals surface area contributed by atoms with E-state index in [9.17, 15) is 32.8 Å². The predicted molar refractivity (Wildman–Crippen MR) is 186 cm³/mol. The van der Waals surface area contributed by atoms with Crippen molar-refractivity contribution in [2.45, 2.75) is 30.3 Å². The minimum absolute atomic E-state index is 0.00192. The van der Waals surface area contributed by atoms with E-state index < -0.39 is 46.2 Å². The quantitative estimate of drug-likeness (QED) is 0.134. The van der Waals surface area contributed by atoms with Crippen molar-refractivity contribution in [2.75, 3.05) is 11.1 Å². The molecule has 5 N–H and O–H groups in total. The standard InChI is InChI=1S/C36H29FN8O5S/c1-21(23-11-13-26(37)14-12-23)43-36(48)28-15-22(17-38)18-40-34(28)44-30(16-31(46)47)25-9-7-24(8-10-25)29-19-45(35-32(29)33(39)41-20-42-35)51(49,50)27-5-3-2-4-6-27/h2-15,18-21,30H,16H2,1H3,(H,40,44)(H,43,48)(H,46,47)(H2,39,41,42). The molecule has 3 heterocycles. The molecule has 6 rings (SSSR count). The van der Waals surface area contributed by atoms with Gasteiger partial charge >= 0.3 is 5.97 Å². The first-order chi connectivity index (χ1) is 24.5. The van der Waals surface area contributed by atoms with Crippen molar-refractivity contribution in [1.29, 1.82) is 5.26 Å². The van der Waals surface area contributed by atoms with Crippen LogP contribution < -0.4 is 16.4 Å². The first kappa shape index (κ1) is 34.2. The summed E-state index contributed by atoms with van der Waals surface area (Å²) in [6.07, 6.45) is 3.44. The van der Waals surface area contributed by atoms with E-state index in [4.69, 9.17) is 5.73 Å². The summed E-state index contributed by atoms with van der Waals surface area (Å²) < 4.78 is 41.7. The second-order valence-corrected chi connectivity index (χ2v) is 13.3. The number of rotatable bonds is 11. The van der Waals surface area contributed by atoms with Gasteiger partial charge in [-0.2, -0.15) is 5.26 Å². The monoisotopic (exact) mass is 704 g/mol. The fourth-order valence-corrected chi connectivity index (χ4v) is 6.91. The molecule has 0 spiro atoms. The lowest BCUT2D eigenvalue weighted by Crippen LogP contribution is -2.28. The van der Waals surface area contributed by atoms with Crippen LogP contribution >= 0.6 is 0 Å². The van der Waals surface area contributed by atoms with Crippen LogP contribution in [0, 0.1) is 17.1 Å². The number of carbonyl (C=O) groups is 2. The normalized spacial score (nSPS) is 12.5. The lowest BCUT2D eigenvalue weighted by atomic mass is 9.98. The number of aliphatic carboxylic acids is 1. The molecular formula is C36H29FN8O5S. The first-order valence-corrected chi connectivity index (χ1v) is 16.9. The Bertz CT molecular complexity index is 2410. The Morgan fingerprint density at radius 1 is 1.00 bits per heavy atom. The van der Waals surface area contributed by atoms with Crippen molar-refractivity contribution in [2.24, 2.45) is 0 Å². The third kappa shape index (κ3) is 7.07. The number of anilines is 2. The molecule has 0 bridgehead atoms. The van der Waals surface area contributed by atoms with Gasteiger partial charge in [0.15, 0.2) is 5.65 Å². The number of carboxylic acid groups (broad SMARTS) is 1. The Balaban J connectivity index is 1.33. The summed E-state index contributed by atoms with van der Waals surface area (Å²) in [5, 5.41) is 25.5. The van der Waals surface area contributed by atoms with Crippen LogP contribution in [0.1, 0.15) is 52.5 Å². The molecule has 3 aromatic heterocycles. The summed E-state index contributed by atoms with van der Waals surface area (Å²) in [5.74, 6) is -2.05. The van der Waals surface area contributed by atoms with Crippen molar-refractivity contribution in [3.63, 3.8) is 0 Å². The van der Waals surface area contributed by atoms with E-state index in [0.29, 0.717) is 27.6 Å². The number of halogens is 1. The molecule has 6 aromatic rings. The Morgan fingerprint density at radius 3 is 2.35 bits per heavy atom. The maximum absolute atomic E-state index is 13.6. The van der Waals surface area contributed by atoms with E-state index >= 15 is 0 Å². The molecule has 2 atom stereocenters. The van der Waals surface area contributed by atoms with Crippen LogP contribution in [0.5, 0.6) is 0 Å². The van der Waals surface area contributed by atoms with Gasteiger partial charge in [0.2, 0.25) is 0 Å². The zero-order chi connectivity index (χ0) is 36.3. The maximum atomic E-state index is 13.6. The van der Waals surface area contributed by atoms with Gasteiger partial charge in [0, 0.05) is 18.0 Å². The molecule has 0 aliphatic rings. The summed E-state index contributed by atoms with van der Waals surface area (Å²) in [6.45, 7) is 1.71. The van der Waals surface area contributed by atoms with E-state index in [2.05, 4.69) is 25.6 Å². The molecule has 15 heteroatoms. The average Bonchev–Trinajstić information content (AvgIpc) is 3.54. The summed E-state index contributed by atoms with van der Waals surface area (Å²) >= 11 is 0. The van der Waals surface area contributed by atoms with Gasteiger partial charge in [-0.05, 0) is 53.9 Å². The van der Waals surface area contributed by atoms with Crippen LogP contribution in [0.15, 0.2) is 109 Å². The zero-order valence-electron chi connectivity index (χ0n) is 26.9. The van der Waals surface area contributed by atoms with Gasteiger partial charge in [0.25, 0.3) is 15.9 Å². The van der Waals surface area contributed by atoms with Gasteiger partial charge in [-0.1, -0.05) is 54.6 Å². The summed E-state index contributed by atoms with van der Waals surface area (Å²) in [5.41, 5.74) is 8.54. The number of pyridine rings is 1. The summed E-state index contributed by atoms with van der Waals surface area (Å²) in [7, 11) is -4.06. The van der Waals surface area contributed by atoms with Crippen molar-refractivity contribution >= 4 is 44.6 Å². The van der Waals surface area contributed by atoms with Crippen LogP contribution in [0.25, 0.3) is 22.2 Å². The number of fused-ring (bicyclic) bond motifs is 1. The second kappa shape index (κ2) is 14.1. The molecule has 0 radical (unpaired) electrons. The van der Waals surface area contributed by atoms with Gasteiger partial charge in [-0.15, -0.1) is 0 Å². The summed E-state index contributed by atoms with van der Waals surface area (Å²) in [4.78, 5) is 38.1. The van der Waals surface area contributed by atoms with Gasteiger partial charge in [0.05, 0.1) is 39.9 Å². The SMILES string of the molecule is CC(NC(=O)c1cc(C#N)cnc1NC(CC(=O)O)c1ccc(-c2cn(S(=O)(=O)c3ccccc3)c3ncnc(N)c23)cc1)c1ccc(F)cc1. The molecule has 2 unspecified atom stereocenters. The van der Waals surface area contributed by atoms with Crippen molar-refractivity contribution in [1.82, 2.24) is 24.2 Å². The van der Waals surface area contributed by atoms with Crippen LogP contribution in [-0.4, -0.2) is 44.3 Å². The Labute approximate surface area is 291 Å². The third-order valence-corrected chi connectivity index (χ3v) is 9.84. The van der Waals surface area contributed by atoms with Crippen LogP contribution in [0.3, 0.4) is 0 Å². The van der Waals surface area contributed by atoms with E-state index in [1.54, 1.807) is 49.4 Å². The molecule has 0 saturated carbocycles. The molecule has 0 aliphatic heterocycles. The third-order valence-electron chi connectivity index (χ3n) is 8.17. The number of carbonyl (C=O) groups excluding carboxylic acids is 1. The average molecular weight is 705 g/mol. The number of amides is 1. The van der Waals surface area contributed by atoms with Crippen molar-refractivity contribution in [3.05, 3.63) is 132 Å². The Kier molecular flexibility index (Phi) is 9.43. The number of nitrogens with two attached hydrogens (primary N) is 1. The highest BCUT2D eigenvalue weighted by Crippen LogP contribution is 2.36. The smallest absolute Gasteiger partial charge is 0.305 e. The van der Waals surface area contributed by atoms with Crippen molar-refractivity contribution in [3.8, 4) is 17.2 Å². The van der Waals surface area contributed by atoms with E-state index in [-0.39, 0.29) is 33.3 Å². The second-order valence-electron chi connectivity index (χ2n) is 11.5. The minimum Gasteiger partial charge on any atom is -0.481 e. The van der Waals surface area contributed by atoms with E-state index in [1.807, 2.05) is 6.07 Å².